The lowest BCUT2D eigenvalue weighted by Gasteiger charge is -1.87. The van der Waals surface area contributed by atoms with Crippen LogP contribution < -0.4 is 0 Å². The van der Waals surface area contributed by atoms with Crippen molar-refractivity contribution < 1.29 is 26.3 Å². The molecule has 0 amide bonds. The van der Waals surface area contributed by atoms with Crippen molar-refractivity contribution in [3.05, 3.63) is 23.8 Å². The van der Waals surface area contributed by atoms with Crippen molar-refractivity contribution in [3.8, 4) is 0 Å². The van der Waals surface area contributed by atoms with E-state index < -0.39 is 23.8 Å². The van der Waals surface area contributed by atoms with Crippen LogP contribution in [0.3, 0.4) is 0 Å². The minimum absolute atomic E-state index is 2.82. The molecule has 0 aromatic carbocycles. The quantitative estimate of drug-likeness (QED) is 0.410. The zero-order chi connectivity index (χ0) is 8.31. The average Bonchev–Trinajstić information content (AvgIpc) is 1.84. The lowest BCUT2D eigenvalue weighted by Crippen LogP contribution is -1.78. The van der Waals surface area contributed by atoms with Crippen LogP contribution >= 0.6 is 0 Å². The molecule has 0 unspecified atom stereocenters. The molecule has 0 aliphatic heterocycles. The Labute approximate surface area is 51.4 Å². The van der Waals surface area contributed by atoms with Gasteiger partial charge in [-0.2, -0.15) is 26.3 Å². The van der Waals surface area contributed by atoms with Gasteiger partial charge in [-0.1, -0.05) is 0 Å². The summed E-state index contributed by atoms with van der Waals surface area (Å²) < 4.78 is 66.5. The topological polar surface area (TPSA) is 0 Å². The normalized spacial score (nSPS) is 9.00. The minimum atomic E-state index is -3.11. The SMILES string of the molecule is FC(F)=C(F)C(F)=C(F)F. The first-order chi connectivity index (χ1) is 4.46. The molecular formula is C4F6. The Kier molecular flexibility index (Phi) is 2.98. The Hall–Kier alpha value is -0.940. The van der Waals surface area contributed by atoms with E-state index in [9.17, 15) is 26.3 Å². The molecule has 0 rings (SSSR count). The van der Waals surface area contributed by atoms with E-state index in [0.717, 1.165) is 0 Å². The summed E-state index contributed by atoms with van der Waals surface area (Å²) in [6, 6.07) is 0. The highest BCUT2D eigenvalue weighted by atomic mass is 19.3. The number of allylic oxidation sites excluding steroid dienone is 2. The molecular weight excluding hydrogens is 162 g/mol. The van der Waals surface area contributed by atoms with Crippen molar-refractivity contribution in [2.45, 2.75) is 0 Å². The highest BCUT2D eigenvalue weighted by molar-refractivity contribution is 5.19. The Morgan fingerprint density at radius 3 is 0.800 bits per heavy atom. The number of halogens is 6. The second kappa shape index (κ2) is 3.28. The maximum atomic E-state index is 11.4. The Morgan fingerprint density at radius 2 is 0.700 bits per heavy atom. The first-order valence-electron chi connectivity index (χ1n) is 1.88. The van der Waals surface area contributed by atoms with Crippen LogP contribution in [-0.2, 0) is 0 Å². The molecule has 0 heterocycles. The van der Waals surface area contributed by atoms with Crippen LogP contribution in [-0.4, -0.2) is 0 Å². The van der Waals surface area contributed by atoms with E-state index in [0.29, 0.717) is 0 Å². The number of hydrogen-bond acceptors (Lipinski definition) is 0. The van der Waals surface area contributed by atoms with Crippen LogP contribution in [0, 0.1) is 0 Å². The lowest BCUT2D eigenvalue weighted by atomic mass is 10.5. The monoisotopic (exact) mass is 162 g/mol. The number of hydrogen-bond donors (Lipinski definition) is 0. The predicted molar refractivity (Wildman–Crippen MR) is 20.7 cm³/mol. The maximum absolute atomic E-state index is 11.4. The van der Waals surface area contributed by atoms with Crippen LogP contribution in [0.1, 0.15) is 0 Å². The standard InChI is InChI=1S/C4F6/c5-1(3(7)8)2(6)4(9)10. The van der Waals surface area contributed by atoms with Crippen molar-refractivity contribution in [3.63, 3.8) is 0 Å². The van der Waals surface area contributed by atoms with E-state index >= 15 is 0 Å². The molecule has 6 heteroatoms. The van der Waals surface area contributed by atoms with Gasteiger partial charge in [-0.05, 0) is 0 Å². The summed E-state index contributed by atoms with van der Waals surface area (Å²) in [7, 11) is 0. The molecule has 0 aliphatic rings. The van der Waals surface area contributed by atoms with E-state index in [1.165, 1.54) is 0 Å². The molecule has 10 heavy (non-hydrogen) atoms. The summed E-state index contributed by atoms with van der Waals surface area (Å²) in [5, 5.41) is 0. The number of rotatable bonds is 1. The van der Waals surface area contributed by atoms with Crippen molar-refractivity contribution in [1.82, 2.24) is 0 Å². The van der Waals surface area contributed by atoms with E-state index in [1.54, 1.807) is 0 Å². The molecule has 0 saturated carbocycles. The Bertz CT molecular complexity index is 160. The Balaban J connectivity index is 4.71. The molecule has 0 radical (unpaired) electrons. The smallest absolute Gasteiger partial charge is 0.198 e. The predicted octanol–water partition coefficient (Wildman–Crippen LogP) is 3.14. The molecule has 0 atom stereocenters. The molecule has 0 N–H and O–H groups in total. The molecule has 0 saturated heterocycles. The lowest BCUT2D eigenvalue weighted by molar-refractivity contribution is 0.340. The highest BCUT2D eigenvalue weighted by Gasteiger charge is 2.16. The molecule has 58 valence electrons. The van der Waals surface area contributed by atoms with Crippen LogP contribution in [0.5, 0.6) is 0 Å². The zero-order valence-corrected chi connectivity index (χ0v) is 4.27. The van der Waals surface area contributed by atoms with Gasteiger partial charge in [-0.15, -0.1) is 0 Å². The fourth-order valence-electron chi connectivity index (χ4n) is 0.166. The van der Waals surface area contributed by atoms with Gasteiger partial charge in [0.2, 0.25) is 11.7 Å². The molecule has 0 aromatic rings. The summed E-state index contributed by atoms with van der Waals surface area (Å²) in [4.78, 5) is 0. The van der Waals surface area contributed by atoms with Gasteiger partial charge in [-0.25, -0.2) is 0 Å². The summed E-state index contributed by atoms with van der Waals surface area (Å²) >= 11 is 0. The van der Waals surface area contributed by atoms with Gasteiger partial charge in [0.05, 0.1) is 0 Å². The zero-order valence-electron chi connectivity index (χ0n) is 4.27. The molecule has 0 spiro atoms. The van der Waals surface area contributed by atoms with Gasteiger partial charge in [0.25, 0.3) is 0 Å². The van der Waals surface area contributed by atoms with Gasteiger partial charge in [0.1, 0.15) is 0 Å². The third kappa shape index (κ3) is 2.12. The van der Waals surface area contributed by atoms with Gasteiger partial charge in [-0.3, -0.25) is 0 Å². The summed E-state index contributed by atoms with van der Waals surface area (Å²) in [5.41, 5.74) is 0. The fraction of sp³-hybridized carbons (Fsp3) is 0. The first-order valence-corrected chi connectivity index (χ1v) is 1.88. The van der Waals surface area contributed by atoms with Crippen LogP contribution in [0.2, 0.25) is 0 Å². The first kappa shape index (κ1) is 9.06. The van der Waals surface area contributed by atoms with E-state index in [1.807, 2.05) is 0 Å². The molecule has 0 bridgehead atoms. The molecule has 0 aliphatic carbocycles. The summed E-state index contributed by atoms with van der Waals surface area (Å²) in [6.45, 7) is 0. The second-order valence-corrected chi connectivity index (χ2v) is 1.15. The van der Waals surface area contributed by atoms with Gasteiger partial charge >= 0.3 is 12.2 Å². The minimum Gasteiger partial charge on any atom is -0.198 e. The average molecular weight is 162 g/mol. The molecule has 0 nitrogen and oxygen atoms in total. The van der Waals surface area contributed by atoms with Crippen molar-refractivity contribution in [2.75, 3.05) is 0 Å². The second-order valence-electron chi connectivity index (χ2n) is 1.15. The summed E-state index contributed by atoms with van der Waals surface area (Å²) in [6.07, 6.45) is -6.21. The largest absolute Gasteiger partial charge is 0.308 e. The third-order valence-electron chi connectivity index (χ3n) is 0.525. The van der Waals surface area contributed by atoms with Crippen LogP contribution in [0.4, 0.5) is 26.3 Å². The summed E-state index contributed by atoms with van der Waals surface area (Å²) in [5.74, 6) is -5.64. The molecule has 0 aromatic heterocycles. The van der Waals surface area contributed by atoms with Crippen LogP contribution in [0.25, 0.3) is 0 Å². The van der Waals surface area contributed by atoms with Gasteiger partial charge in [0.15, 0.2) is 0 Å². The van der Waals surface area contributed by atoms with Crippen molar-refractivity contribution in [1.29, 1.82) is 0 Å². The van der Waals surface area contributed by atoms with Crippen molar-refractivity contribution >= 4 is 0 Å². The van der Waals surface area contributed by atoms with E-state index in [2.05, 4.69) is 0 Å². The third-order valence-corrected chi connectivity index (χ3v) is 0.525. The van der Waals surface area contributed by atoms with E-state index in [4.69, 9.17) is 0 Å². The maximum Gasteiger partial charge on any atom is 0.308 e. The van der Waals surface area contributed by atoms with Crippen molar-refractivity contribution in [2.24, 2.45) is 0 Å². The van der Waals surface area contributed by atoms with Gasteiger partial charge < -0.3 is 0 Å². The van der Waals surface area contributed by atoms with Gasteiger partial charge in [0, 0.05) is 0 Å². The Morgan fingerprint density at radius 1 is 0.500 bits per heavy atom. The van der Waals surface area contributed by atoms with E-state index in [-0.39, 0.29) is 0 Å². The molecule has 0 fully saturated rings. The highest BCUT2D eigenvalue weighted by Crippen LogP contribution is 2.23. The van der Waals surface area contributed by atoms with Crippen LogP contribution in [0.15, 0.2) is 23.8 Å². The fourth-order valence-corrected chi connectivity index (χ4v) is 0.166.